The first kappa shape index (κ1) is 13.4. The number of ether oxygens (including phenoxy) is 1. The van der Waals surface area contributed by atoms with Gasteiger partial charge in [-0.2, -0.15) is 0 Å². The second-order valence-electron chi connectivity index (χ2n) is 5.76. The number of hydrogen-bond acceptors (Lipinski definition) is 2. The Morgan fingerprint density at radius 2 is 1.83 bits per heavy atom. The minimum absolute atomic E-state index is 0.433. The highest BCUT2D eigenvalue weighted by atomic mass is 16.5. The number of methoxy groups -OCH3 is 1. The Morgan fingerprint density at radius 3 is 2.44 bits per heavy atom. The first-order valence-corrected chi connectivity index (χ1v) is 7.00. The van der Waals surface area contributed by atoms with Gasteiger partial charge in [-0.1, -0.05) is 17.7 Å². The fourth-order valence-electron chi connectivity index (χ4n) is 3.19. The molecular formula is C16H25NO. The summed E-state index contributed by atoms with van der Waals surface area (Å²) >= 11 is 0. The van der Waals surface area contributed by atoms with E-state index in [4.69, 9.17) is 10.5 Å². The van der Waals surface area contributed by atoms with Crippen LogP contribution < -0.4 is 10.5 Å². The standard InChI is InChI=1S/C16H25NO/c1-11-8-12(2)16(18-3)14(9-11)10-13-4-6-15(17)7-5-13/h8-9,13,15H,4-7,10,17H2,1-3H3. The lowest BCUT2D eigenvalue weighted by Crippen LogP contribution is -2.27. The zero-order chi connectivity index (χ0) is 13.1. The van der Waals surface area contributed by atoms with Crippen molar-refractivity contribution in [2.24, 2.45) is 11.7 Å². The first-order valence-electron chi connectivity index (χ1n) is 7.00. The normalized spacial score (nSPS) is 24.0. The zero-order valence-electron chi connectivity index (χ0n) is 11.8. The van der Waals surface area contributed by atoms with Crippen molar-refractivity contribution in [2.75, 3.05) is 7.11 Å². The maximum atomic E-state index is 5.97. The molecule has 0 amide bonds. The van der Waals surface area contributed by atoms with Crippen LogP contribution in [0.3, 0.4) is 0 Å². The van der Waals surface area contributed by atoms with Gasteiger partial charge in [0.1, 0.15) is 5.75 Å². The Morgan fingerprint density at radius 1 is 1.17 bits per heavy atom. The summed E-state index contributed by atoms with van der Waals surface area (Å²) in [4.78, 5) is 0. The van der Waals surface area contributed by atoms with Gasteiger partial charge in [-0.15, -0.1) is 0 Å². The summed E-state index contributed by atoms with van der Waals surface area (Å²) in [6.07, 6.45) is 6.02. The van der Waals surface area contributed by atoms with Crippen LogP contribution in [0.1, 0.15) is 42.4 Å². The molecule has 2 heteroatoms. The third kappa shape index (κ3) is 3.05. The molecule has 2 N–H and O–H groups in total. The Labute approximate surface area is 111 Å². The summed E-state index contributed by atoms with van der Waals surface area (Å²) in [6.45, 7) is 4.29. The van der Waals surface area contributed by atoms with E-state index >= 15 is 0 Å². The molecule has 0 aliphatic heterocycles. The van der Waals surface area contributed by atoms with Crippen LogP contribution >= 0.6 is 0 Å². The van der Waals surface area contributed by atoms with Crippen LogP contribution in [0.2, 0.25) is 0 Å². The predicted octanol–water partition coefficient (Wildman–Crippen LogP) is 3.37. The average molecular weight is 247 g/mol. The van der Waals surface area contributed by atoms with Crippen molar-refractivity contribution < 1.29 is 4.74 Å². The quantitative estimate of drug-likeness (QED) is 0.888. The van der Waals surface area contributed by atoms with Crippen LogP contribution in [-0.4, -0.2) is 13.2 Å². The number of hydrogen-bond donors (Lipinski definition) is 1. The fraction of sp³-hybridized carbons (Fsp3) is 0.625. The Hall–Kier alpha value is -1.02. The molecule has 1 aliphatic carbocycles. The van der Waals surface area contributed by atoms with Crippen molar-refractivity contribution in [2.45, 2.75) is 52.0 Å². The van der Waals surface area contributed by atoms with Crippen molar-refractivity contribution in [3.8, 4) is 5.75 Å². The van der Waals surface area contributed by atoms with Crippen molar-refractivity contribution in [1.82, 2.24) is 0 Å². The molecule has 1 aromatic carbocycles. The van der Waals surface area contributed by atoms with E-state index in [1.54, 1.807) is 7.11 Å². The van der Waals surface area contributed by atoms with Crippen molar-refractivity contribution in [3.05, 3.63) is 28.8 Å². The first-order chi connectivity index (χ1) is 8.60. The second-order valence-corrected chi connectivity index (χ2v) is 5.76. The molecule has 0 unspecified atom stereocenters. The van der Waals surface area contributed by atoms with E-state index in [0.29, 0.717) is 6.04 Å². The maximum Gasteiger partial charge on any atom is 0.124 e. The van der Waals surface area contributed by atoms with E-state index < -0.39 is 0 Å². The number of benzene rings is 1. The largest absolute Gasteiger partial charge is 0.496 e. The molecule has 0 atom stereocenters. The molecule has 18 heavy (non-hydrogen) atoms. The Balaban J connectivity index is 2.13. The van der Waals surface area contributed by atoms with Crippen LogP contribution in [0.15, 0.2) is 12.1 Å². The number of nitrogens with two attached hydrogens (primary N) is 1. The molecule has 1 aliphatic rings. The van der Waals surface area contributed by atoms with Crippen LogP contribution in [0, 0.1) is 19.8 Å². The molecule has 0 aromatic heterocycles. The molecule has 0 spiro atoms. The average Bonchev–Trinajstić information content (AvgIpc) is 2.32. The number of aryl methyl sites for hydroxylation is 2. The summed E-state index contributed by atoms with van der Waals surface area (Å²) in [5.41, 5.74) is 9.92. The summed E-state index contributed by atoms with van der Waals surface area (Å²) in [6, 6.07) is 4.90. The predicted molar refractivity (Wildman–Crippen MR) is 76.1 cm³/mol. The molecule has 2 nitrogen and oxygen atoms in total. The topological polar surface area (TPSA) is 35.2 Å². The van der Waals surface area contributed by atoms with Crippen molar-refractivity contribution in [1.29, 1.82) is 0 Å². The van der Waals surface area contributed by atoms with E-state index in [0.717, 1.165) is 18.1 Å². The summed E-state index contributed by atoms with van der Waals surface area (Å²) in [5.74, 6) is 1.86. The van der Waals surface area contributed by atoms with E-state index in [1.807, 2.05) is 0 Å². The summed E-state index contributed by atoms with van der Waals surface area (Å²) in [5, 5.41) is 0. The van der Waals surface area contributed by atoms with Gasteiger partial charge in [-0.3, -0.25) is 0 Å². The smallest absolute Gasteiger partial charge is 0.124 e. The van der Waals surface area contributed by atoms with Crippen molar-refractivity contribution >= 4 is 0 Å². The van der Waals surface area contributed by atoms with Crippen molar-refractivity contribution in [3.63, 3.8) is 0 Å². The monoisotopic (exact) mass is 247 g/mol. The van der Waals surface area contributed by atoms with Gasteiger partial charge in [0.25, 0.3) is 0 Å². The molecule has 100 valence electrons. The minimum atomic E-state index is 0.433. The molecular weight excluding hydrogens is 222 g/mol. The van der Waals surface area contributed by atoms with Gasteiger partial charge in [-0.25, -0.2) is 0 Å². The van der Waals surface area contributed by atoms with Gasteiger partial charge in [0, 0.05) is 6.04 Å². The van der Waals surface area contributed by atoms with Crippen LogP contribution in [-0.2, 0) is 6.42 Å². The Bertz CT molecular complexity index is 406. The molecule has 1 aromatic rings. The van der Waals surface area contributed by atoms with Gasteiger partial charge in [-0.05, 0) is 63.0 Å². The van der Waals surface area contributed by atoms with Crippen LogP contribution in [0.5, 0.6) is 5.75 Å². The molecule has 2 rings (SSSR count). The van der Waals surface area contributed by atoms with Gasteiger partial charge in [0.05, 0.1) is 7.11 Å². The van der Waals surface area contributed by atoms with Gasteiger partial charge < -0.3 is 10.5 Å². The SMILES string of the molecule is COc1c(C)cc(C)cc1CC1CCC(N)CC1. The molecule has 0 bridgehead atoms. The summed E-state index contributed by atoms with van der Waals surface area (Å²) < 4.78 is 5.57. The van der Waals surface area contributed by atoms with Gasteiger partial charge >= 0.3 is 0 Å². The van der Waals surface area contributed by atoms with E-state index in [2.05, 4.69) is 26.0 Å². The highest BCUT2D eigenvalue weighted by molar-refractivity contribution is 5.44. The van der Waals surface area contributed by atoms with Gasteiger partial charge in [0.15, 0.2) is 0 Å². The minimum Gasteiger partial charge on any atom is -0.496 e. The zero-order valence-corrected chi connectivity index (χ0v) is 11.8. The fourth-order valence-corrected chi connectivity index (χ4v) is 3.19. The lowest BCUT2D eigenvalue weighted by Gasteiger charge is -2.27. The third-order valence-electron chi connectivity index (χ3n) is 4.10. The maximum absolute atomic E-state index is 5.97. The highest BCUT2D eigenvalue weighted by Gasteiger charge is 2.20. The lowest BCUT2D eigenvalue weighted by atomic mass is 9.82. The molecule has 1 saturated carbocycles. The second kappa shape index (κ2) is 5.75. The molecule has 1 fully saturated rings. The van der Waals surface area contributed by atoms with E-state index in [9.17, 15) is 0 Å². The lowest BCUT2D eigenvalue weighted by molar-refractivity contribution is 0.320. The van der Waals surface area contributed by atoms with E-state index in [-0.39, 0.29) is 0 Å². The highest BCUT2D eigenvalue weighted by Crippen LogP contribution is 2.32. The van der Waals surface area contributed by atoms with Crippen LogP contribution in [0.25, 0.3) is 0 Å². The van der Waals surface area contributed by atoms with E-state index in [1.165, 1.54) is 42.4 Å². The molecule has 0 heterocycles. The molecule has 0 saturated heterocycles. The molecule has 0 radical (unpaired) electrons. The third-order valence-corrected chi connectivity index (χ3v) is 4.10. The Kier molecular flexibility index (Phi) is 4.28. The van der Waals surface area contributed by atoms with Crippen LogP contribution in [0.4, 0.5) is 0 Å². The summed E-state index contributed by atoms with van der Waals surface area (Å²) in [7, 11) is 1.78. The number of rotatable bonds is 3. The van der Waals surface area contributed by atoms with Gasteiger partial charge in [0.2, 0.25) is 0 Å².